The van der Waals surface area contributed by atoms with E-state index in [1.54, 1.807) is 24.3 Å². The van der Waals surface area contributed by atoms with Crippen molar-refractivity contribution in [3.63, 3.8) is 0 Å². The Hall–Kier alpha value is -3.15. The quantitative estimate of drug-likeness (QED) is 0.768. The van der Waals surface area contributed by atoms with E-state index < -0.39 is 17.9 Å². The summed E-state index contributed by atoms with van der Waals surface area (Å²) in [5.74, 6) is -1.26. The van der Waals surface area contributed by atoms with Crippen LogP contribution in [0.1, 0.15) is 34.0 Å². The fraction of sp³-hybridized carbons (Fsp3) is 0.286. The molecule has 0 aliphatic rings. The van der Waals surface area contributed by atoms with Crippen LogP contribution in [0, 0.1) is 13.8 Å². The molecule has 0 radical (unpaired) electrons. The number of benzene rings is 2. The fourth-order valence-electron chi connectivity index (χ4n) is 2.93. The van der Waals surface area contributed by atoms with Crippen LogP contribution in [0.4, 0.5) is 5.69 Å². The van der Waals surface area contributed by atoms with E-state index in [9.17, 15) is 14.4 Å². The topological polar surface area (TPSA) is 84.5 Å². The number of hydrogen-bond acceptors (Lipinski definition) is 4. The molecule has 1 atom stereocenters. The molecule has 0 saturated heterocycles. The Morgan fingerprint density at radius 1 is 1.00 bits per heavy atom. The lowest BCUT2D eigenvalue weighted by atomic mass is 9.96. The molecule has 6 heteroatoms. The molecule has 6 nitrogen and oxygen atoms in total. The van der Waals surface area contributed by atoms with Crippen LogP contribution in [0.3, 0.4) is 0 Å². The molecular formula is C21H24N2O4. The molecule has 2 N–H and O–H groups in total. The number of carbonyl (C=O) groups is 3. The molecular weight excluding hydrogens is 344 g/mol. The van der Waals surface area contributed by atoms with Crippen LogP contribution < -0.4 is 10.6 Å². The monoisotopic (exact) mass is 368 g/mol. The van der Waals surface area contributed by atoms with Crippen LogP contribution >= 0.6 is 0 Å². The minimum Gasteiger partial charge on any atom is -0.467 e. The van der Waals surface area contributed by atoms with Gasteiger partial charge in [0.1, 0.15) is 6.04 Å². The van der Waals surface area contributed by atoms with Crippen LogP contribution in [0.5, 0.6) is 0 Å². The molecule has 2 rings (SSSR count). The van der Waals surface area contributed by atoms with Crippen LogP contribution in [0.25, 0.3) is 0 Å². The summed E-state index contributed by atoms with van der Waals surface area (Å²) in [6.07, 6.45) is 0.319. The number of carbonyl (C=O) groups excluding carboxylic acids is 3. The third kappa shape index (κ3) is 5.17. The minimum atomic E-state index is -0.840. The minimum absolute atomic E-state index is 0.281. The number of nitrogens with one attached hydrogen (secondary N) is 2. The van der Waals surface area contributed by atoms with Crippen molar-refractivity contribution in [1.29, 1.82) is 0 Å². The van der Waals surface area contributed by atoms with E-state index in [0.29, 0.717) is 12.1 Å². The highest BCUT2D eigenvalue weighted by molar-refractivity contribution is 6.04. The molecule has 0 aliphatic carbocycles. The van der Waals surface area contributed by atoms with Crippen molar-refractivity contribution in [3.05, 3.63) is 64.7 Å². The smallest absolute Gasteiger partial charge is 0.328 e. The lowest BCUT2D eigenvalue weighted by molar-refractivity contribution is -0.142. The van der Waals surface area contributed by atoms with E-state index in [2.05, 4.69) is 10.6 Å². The highest BCUT2D eigenvalue weighted by atomic mass is 16.5. The van der Waals surface area contributed by atoms with Crippen LogP contribution in [0.15, 0.2) is 42.5 Å². The summed E-state index contributed by atoms with van der Waals surface area (Å²) in [6, 6.07) is 11.7. The lowest BCUT2D eigenvalue weighted by Crippen LogP contribution is -2.43. The van der Waals surface area contributed by atoms with E-state index >= 15 is 0 Å². The summed E-state index contributed by atoms with van der Waals surface area (Å²) in [5.41, 5.74) is 3.73. The third-order valence-corrected chi connectivity index (χ3v) is 4.33. The third-order valence-electron chi connectivity index (χ3n) is 4.33. The van der Waals surface area contributed by atoms with Crippen molar-refractivity contribution >= 4 is 23.5 Å². The average Bonchev–Trinajstić information content (AvgIpc) is 2.63. The zero-order valence-electron chi connectivity index (χ0n) is 16.0. The van der Waals surface area contributed by atoms with Crippen molar-refractivity contribution in [2.75, 3.05) is 12.4 Å². The summed E-state index contributed by atoms with van der Waals surface area (Å²) in [6.45, 7) is 5.29. The van der Waals surface area contributed by atoms with Crippen LogP contribution in [-0.4, -0.2) is 30.9 Å². The number of amides is 2. The molecule has 2 amide bonds. The molecule has 0 heterocycles. The number of esters is 1. The zero-order valence-corrected chi connectivity index (χ0v) is 16.0. The van der Waals surface area contributed by atoms with Gasteiger partial charge in [-0.05, 0) is 42.7 Å². The summed E-state index contributed by atoms with van der Waals surface area (Å²) < 4.78 is 4.87. The maximum atomic E-state index is 12.8. The number of para-hydroxylation sites is 1. The summed E-state index contributed by atoms with van der Waals surface area (Å²) in [7, 11) is 1.29. The SMILES string of the molecule is COC(=O)[C@@H](Cc1c(C)cccc1C)NC(=O)c1ccccc1NC(C)=O. The molecule has 0 unspecified atom stereocenters. The maximum absolute atomic E-state index is 12.8. The number of ether oxygens (including phenoxy) is 1. The fourth-order valence-corrected chi connectivity index (χ4v) is 2.93. The summed E-state index contributed by atoms with van der Waals surface area (Å²) in [4.78, 5) is 36.4. The van der Waals surface area contributed by atoms with Gasteiger partial charge in [-0.3, -0.25) is 9.59 Å². The predicted octanol–water partition coefficient (Wildman–Crippen LogP) is 2.78. The number of methoxy groups -OCH3 is 1. The molecule has 0 bridgehead atoms. The van der Waals surface area contributed by atoms with Crippen molar-refractivity contribution in [3.8, 4) is 0 Å². The molecule has 27 heavy (non-hydrogen) atoms. The summed E-state index contributed by atoms with van der Waals surface area (Å²) in [5, 5.41) is 5.36. The van der Waals surface area contributed by atoms with E-state index in [4.69, 9.17) is 4.74 Å². The normalized spacial score (nSPS) is 11.4. The number of aryl methyl sites for hydroxylation is 2. The van der Waals surface area contributed by atoms with Gasteiger partial charge in [-0.15, -0.1) is 0 Å². The second kappa shape index (κ2) is 8.98. The van der Waals surface area contributed by atoms with Gasteiger partial charge < -0.3 is 15.4 Å². The molecule has 0 aromatic heterocycles. The maximum Gasteiger partial charge on any atom is 0.328 e. The van der Waals surface area contributed by atoms with Crippen molar-refractivity contribution in [1.82, 2.24) is 5.32 Å². The Kier molecular flexibility index (Phi) is 6.71. The van der Waals surface area contributed by atoms with Gasteiger partial charge in [-0.25, -0.2) is 4.79 Å². The first-order valence-corrected chi connectivity index (χ1v) is 8.64. The zero-order chi connectivity index (χ0) is 20.0. The van der Waals surface area contributed by atoms with Gasteiger partial charge in [0.25, 0.3) is 5.91 Å². The first-order valence-electron chi connectivity index (χ1n) is 8.64. The summed E-state index contributed by atoms with van der Waals surface area (Å²) >= 11 is 0. The van der Waals surface area contributed by atoms with Gasteiger partial charge in [-0.1, -0.05) is 30.3 Å². The van der Waals surface area contributed by atoms with E-state index in [0.717, 1.165) is 16.7 Å². The van der Waals surface area contributed by atoms with E-state index in [1.807, 2.05) is 32.0 Å². The standard InChI is InChI=1S/C21H24N2O4/c1-13-8-7-9-14(2)17(13)12-19(21(26)27-4)23-20(25)16-10-5-6-11-18(16)22-15(3)24/h5-11,19H,12H2,1-4H3,(H,22,24)(H,23,25)/t19-/m1/s1. The van der Waals surface area contributed by atoms with E-state index in [1.165, 1.54) is 14.0 Å². The molecule has 0 spiro atoms. The Morgan fingerprint density at radius 3 is 2.22 bits per heavy atom. The molecule has 2 aromatic carbocycles. The molecule has 0 fully saturated rings. The number of rotatable bonds is 6. The van der Waals surface area contributed by atoms with Crippen molar-refractivity contribution < 1.29 is 19.1 Å². The second-order valence-electron chi connectivity index (χ2n) is 6.35. The van der Waals surface area contributed by atoms with Gasteiger partial charge in [-0.2, -0.15) is 0 Å². The predicted molar refractivity (Wildman–Crippen MR) is 104 cm³/mol. The number of anilines is 1. The highest BCUT2D eigenvalue weighted by Crippen LogP contribution is 2.18. The molecule has 0 saturated carbocycles. The average molecular weight is 368 g/mol. The Bertz CT molecular complexity index is 841. The Morgan fingerprint density at radius 2 is 1.63 bits per heavy atom. The van der Waals surface area contributed by atoms with Crippen LogP contribution in [0.2, 0.25) is 0 Å². The Labute approximate surface area is 158 Å². The van der Waals surface area contributed by atoms with Crippen molar-refractivity contribution in [2.24, 2.45) is 0 Å². The Balaban J connectivity index is 2.28. The van der Waals surface area contributed by atoms with Crippen molar-refractivity contribution in [2.45, 2.75) is 33.2 Å². The largest absolute Gasteiger partial charge is 0.467 e. The van der Waals surface area contributed by atoms with E-state index in [-0.39, 0.29) is 11.5 Å². The molecule has 2 aromatic rings. The van der Waals surface area contributed by atoms with Gasteiger partial charge in [0.05, 0.1) is 18.4 Å². The first kappa shape index (κ1) is 20.2. The number of hydrogen-bond donors (Lipinski definition) is 2. The molecule has 142 valence electrons. The van der Waals surface area contributed by atoms with Gasteiger partial charge in [0.2, 0.25) is 5.91 Å². The van der Waals surface area contributed by atoms with Gasteiger partial charge in [0, 0.05) is 13.3 Å². The van der Waals surface area contributed by atoms with Crippen LogP contribution in [-0.2, 0) is 20.7 Å². The lowest BCUT2D eigenvalue weighted by Gasteiger charge is -2.20. The van der Waals surface area contributed by atoms with Gasteiger partial charge in [0.15, 0.2) is 0 Å². The second-order valence-corrected chi connectivity index (χ2v) is 6.35. The van der Waals surface area contributed by atoms with Gasteiger partial charge >= 0.3 is 5.97 Å². The molecule has 0 aliphatic heterocycles. The first-order chi connectivity index (χ1) is 12.8. The highest BCUT2D eigenvalue weighted by Gasteiger charge is 2.25.